The average molecular weight is 521 g/mol. The number of nitro groups is 1. The van der Waals surface area contributed by atoms with Crippen molar-refractivity contribution < 1.29 is 14.5 Å². The fourth-order valence-corrected chi connectivity index (χ4v) is 4.70. The number of benzene rings is 2. The Hall–Kier alpha value is -4.23. The molecule has 3 heterocycles. The first-order chi connectivity index (χ1) is 17.8. The molecule has 1 aliphatic heterocycles. The standard InChI is InChI=1S/C24H24N8O4S/c1-32(2,24(33)36-17-9-5-3-6-10-17)22-27-20(26-21(29-22)30-13-7-4-8-14-30)28-23-25-18-12-11-16(31(34)35)15-19(18)37-23/h5-6,9-12,15H,4,7-8,13-14H2,1-2H3,(H,25,26,27,28,29)/q+1. The molecule has 0 bridgehead atoms. The molecule has 4 aromatic rings. The molecule has 13 heteroatoms. The van der Waals surface area contributed by atoms with Crippen molar-refractivity contribution in [1.29, 1.82) is 0 Å². The zero-order chi connectivity index (χ0) is 26.0. The lowest BCUT2D eigenvalue weighted by Gasteiger charge is -2.28. The first kappa shape index (κ1) is 24.5. The minimum Gasteiger partial charge on any atom is -0.380 e. The number of rotatable bonds is 6. The van der Waals surface area contributed by atoms with Crippen LogP contribution in [0.5, 0.6) is 5.75 Å². The molecule has 5 rings (SSSR count). The second kappa shape index (κ2) is 10.0. The number of carbonyl (C=O) groups excluding carboxylic acids is 1. The van der Waals surface area contributed by atoms with E-state index in [1.807, 2.05) is 0 Å². The predicted molar refractivity (Wildman–Crippen MR) is 140 cm³/mol. The Kier molecular flexibility index (Phi) is 6.63. The average Bonchev–Trinajstić information content (AvgIpc) is 3.31. The number of carbonyl (C=O) groups is 1. The number of hydrogen-bond donors (Lipinski definition) is 1. The quantitative estimate of drug-likeness (QED) is 0.217. The van der Waals surface area contributed by atoms with Gasteiger partial charge in [0.05, 0.1) is 29.2 Å². The van der Waals surface area contributed by atoms with Crippen molar-refractivity contribution in [3.8, 4) is 5.75 Å². The predicted octanol–water partition coefficient (Wildman–Crippen LogP) is 4.69. The maximum Gasteiger partial charge on any atom is 0.528 e. The van der Waals surface area contributed by atoms with Crippen molar-refractivity contribution in [2.24, 2.45) is 0 Å². The van der Waals surface area contributed by atoms with Crippen LogP contribution < -0.4 is 19.4 Å². The van der Waals surface area contributed by atoms with Crippen LogP contribution in [0, 0.1) is 16.2 Å². The summed E-state index contributed by atoms with van der Waals surface area (Å²) in [6.07, 6.45) is 2.61. The van der Waals surface area contributed by atoms with Gasteiger partial charge in [-0.1, -0.05) is 23.5 Å². The Morgan fingerprint density at radius 3 is 2.59 bits per heavy atom. The second-order valence-corrected chi connectivity index (χ2v) is 9.95. The fourth-order valence-electron chi connectivity index (χ4n) is 3.81. The number of ether oxygens (including phenoxy) is 1. The molecule has 1 fully saturated rings. The molecule has 1 N–H and O–H groups in total. The van der Waals surface area contributed by atoms with Crippen molar-refractivity contribution in [1.82, 2.24) is 24.4 Å². The lowest BCUT2D eigenvalue weighted by atomic mass is 10.1. The molecule has 2 aromatic heterocycles. The highest BCUT2D eigenvalue weighted by Crippen LogP contribution is 2.31. The van der Waals surface area contributed by atoms with Crippen LogP contribution in [0.1, 0.15) is 19.3 Å². The highest BCUT2D eigenvalue weighted by molar-refractivity contribution is 7.22. The summed E-state index contributed by atoms with van der Waals surface area (Å²) >= 11 is 1.25. The molecule has 0 unspecified atom stereocenters. The van der Waals surface area contributed by atoms with E-state index in [0.29, 0.717) is 27.0 Å². The number of piperidine rings is 1. The Labute approximate surface area is 216 Å². The highest BCUT2D eigenvalue weighted by Gasteiger charge is 2.37. The summed E-state index contributed by atoms with van der Waals surface area (Å²) in [5.74, 6) is 1.26. The number of quaternary nitrogens is 1. The molecular weight excluding hydrogens is 496 g/mol. The molecule has 0 aliphatic carbocycles. The van der Waals surface area contributed by atoms with Crippen LogP contribution in [0.15, 0.2) is 42.5 Å². The van der Waals surface area contributed by atoms with Gasteiger partial charge in [-0.05, 0) is 43.5 Å². The van der Waals surface area contributed by atoms with Gasteiger partial charge < -0.3 is 9.64 Å². The van der Waals surface area contributed by atoms with E-state index in [0.717, 1.165) is 32.4 Å². The molecule has 2 aromatic carbocycles. The van der Waals surface area contributed by atoms with Gasteiger partial charge in [-0.25, -0.2) is 4.98 Å². The third-order valence-electron chi connectivity index (χ3n) is 5.90. The molecule has 0 saturated carbocycles. The van der Waals surface area contributed by atoms with Gasteiger partial charge in [0.1, 0.15) is 5.75 Å². The van der Waals surface area contributed by atoms with Crippen molar-refractivity contribution >= 4 is 56.3 Å². The number of anilines is 3. The van der Waals surface area contributed by atoms with E-state index >= 15 is 0 Å². The normalized spacial score (nSPS) is 13.9. The first-order valence-electron chi connectivity index (χ1n) is 11.7. The summed E-state index contributed by atoms with van der Waals surface area (Å²) in [5, 5.41) is 14.7. The highest BCUT2D eigenvalue weighted by atomic mass is 32.1. The lowest BCUT2D eigenvalue weighted by molar-refractivity contribution is -0.384. The number of nitro benzene ring substituents is 1. The molecule has 1 saturated heterocycles. The van der Waals surface area contributed by atoms with Crippen LogP contribution in [0.4, 0.5) is 33.5 Å². The number of amides is 1. The van der Waals surface area contributed by atoms with Gasteiger partial charge in [0.25, 0.3) is 5.69 Å². The van der Waals surface area contributed by atoms with E-state index in [1.54, 1.807) is 44.4 Å². The third-order valence-corrected chi connectivity index (χ3v) is 6.84. The monoisotopic (exact) mass is 520 g/mol. The van der Waals surface area contributed by atoms with E-state index in [9.17, 15) is 14.9 Å². The minimum atomic E-state index is -0.569. The maximum absolute atomic E-state index is 13.1. The first-order valence-corrected chi connectivity index (χ1v) is 12.5. The second-order valence-electron chi connectivity index (χ2n) is 8.92. The van der Waals surface area contributed by atoms with E-state index in [4.69, 9.17) is 4.74 Å². The van der Waals surface area contributed by atoms with Crippen molar-refractivity contribution in [3.05, 3.63) is 58.6 Å². The number of nitrogens with zero attached hydrogens (tertiary/aromatic N) is 7. The number of hydrogen-bond acceptors (Lipinski definition) is 11. The van der Waals surface area contributed by atoms with Gasteiger partial charge in [0.2, 0.25) is 11.9 Å². The zero-order valence-electron chi connectivity index (χ0n) is 20.2. The Morgan fingerprint density at radius 1 is 1.11 bits per heavy atom. The maximum atomic E-state index is 13.1. The summed E-state index contributed by atoms with van der Waals surface area (Å²) in [5.41, 5.74) is 0.606. The summed E-state index contributed by atoms with van der Waals surface area (Å²) in [6, 6.07) is 14.0. The van der Waals surface area contributed by atoms with E-state index < -0.39 is 11.0 Å². The molecule has 0 atom stereocenters. The van der Waals surface area contributed by atoms with Crippen molar-refractivity contribution in [3.63, 3.8) is 0 Å². The van der Waals surface area contributed by atoms with Crippen LogP contribution in [0.3, 0.4) is 0 Å². The van der Waals surface area contributed by atoms with Gasteiger partial charge in [0.15, 0.2) is 5.13 Å². The molecule has 189 valence electrons. The van der Waals surface area contributed by atoms with Gasteiger partial charge in [-0.2, -0.15) is 14.3 Å². The number of nitrogens with one attached hydrogen (secondary N) is 1. The van der Waals surface area contributed by atoms with Crippen molar-refractivity contribution in [2.75, 3.05) is 37.4 Å². The van der Waals surface area contributed by atoms with E-state index in [-0.39, 0.29) is 22.1 Å². The topological polar surface area (TPSA) is 136 Å². The van der Waals surface area contributed by atoms with Gasteiger partial charge in [0, 0.05) is 25.2 Å². The summed E-state index contributed by atoms with van der Waals surface area (Å²) in [7, 11) is 3.29. The summed E-state index contributed by atoms with van der Waals surface area (Å²) < 4.78 is 5.83. The zero-order valence-corrected chi connectivity index (χ0v) is 21.1. The van der Waals surface area contributed by atoms with Crippen LogP contribution in [0.25, 0.3) is 10.2 Å². The Balaban J connectivity index is 1.49. The lowest BCUT2D eigenvalue weighted by Crippen LogP contribution is -2.50. The molecule has 1 amide bonds. The smallest absolute Gasteiger partial charge is 0.380 e. The van der Waals surface area contributed by atoms with E-state index in [2.05, 4.69) is 36.2 Å². The Morgan fingerprint density at radius 2 is 1.86 bits per heavy atom. The summed E-state index contributed by atoms with van der Waals surface area (Å²) in [6.45, 7) is 1.60. The number of thiazole rings is 1. The van der Waals surface area contributed by atoms with Crippen LogP contribution in [0.2, 0.25) is 0 Å². The van der Waals surface area contributed by atoms with Crippen LogP contribution >= 0.6 is 11.3 Å². The van der Waals surface area contributed by atoms with Crippen LogP contribution in [-0.2, 0) is 0 Å². The molecule has 1 radical (unpaired) electrons. The van der Waals surface area contributed by atoms with E-state index in [1.165, 1.54) is 23.5 Å². The van der Waals surface area contributed by atoms with Gasteiger partial charge in [-0.15, -0.1) is 9.97 Å². The summed E-state index contributed by atoms with van der Waals surface area (Å²) in [4.78, 5) is 44.2. The minimum absolute atomic E-state index is 0.00796. The molecule has 12 nitrogen and oxygen atoms in total. The van der Waals surface area contributed by atoms with Gasteiger partial charge >= 0.3 is 12.0 Å². The third kappa shape index (κ3) is 5.32. The molecule has 0 spiro atoms. The van der Waals surface area contributed by atoms with Crippen LogP contribution in [-0.4, -0.2) is 58.1 Å². The molecule has 37 heavy (non-hydrogen) atoms. The fraction of sp³-hybridized carbons (Fsp3) is 0.292. The SMILES string of the molecule is C[N+](C)(C(=O)Oc1cc[c]cc1)c1nc(Nc2nc3ccc([N+](=O)[O-])cc3s2)nc(N2CCCCC2)n1. The number of aromatic nitrogens is 4. The largest absolute Gasteiger partial charge is 0.528 e. The Bertz CT molecular complexity index is 1450. The molecular formula is C24H24N8O4S+. The number of non-ortho nitro benzene ring substituents is 1. The molecule has 1 aliphatic rings. The van der Waals surface area contributed by atoms with Crippen molar-refractivity contribution in [2.45, 2.75) is 19.3 Å². The van der Waals surface area contributed by atoms with Gasteiger partial charge in [-0.3, -0.25) is 15.4 Å². The number of fused-ring (bicyclic) bond motifs is 1.